The Labute approximate surface area is 104 Å². The zero-order valence-corrected chi connectivity index (χ0v) is 10.5. The van der Waals surface area contributed by atoms with Crippen molar-refractivity contribution < 1.29 is 13.5 Å². The number of hydrogen-bond donors (Lipinski definition) is 0. The van der Waals surface area contributed by atoms with Crippen molar-refractivity contribution in [3.05, 3.63) is 46.8 Å². The van der Waals surface area contributed by atoms with E-state index in [4.69, 9.17) is 4.74 Å². The molecule has 0 aliphatic heterocycles. The van der Waals surface area contributed by atoms with Gasteiger partial charge in [-0.3, -0.25) is 4.68 Å². The summed E-state index contributed by atoms with van der Waals surface area (Å²) in [5.41, 5.74) is 1.45. The second kappa shape index (κ2) is 4.76. The number of ether oxygens (including phenoxy) is 1. The van der Waals surface area contributed by atoms with Crippen LogP contribution in [-0.4, -0.2) is 9.78 Å². The lowest BCUT2D eigenvalue weighted by atomic mass is 10.2. The van der Waals surface area contributed by atoms with Gasteiger partial charge in [-0.1, -0.05) is 6.07 Å². The number of rotatable bonds is 3. The maximum atomic E-state index is 13.4. The number of aromatic nitrogens is 2. The number of benzene rings is 1. The van der Waals surface area contributed by atoms with Gasteiger partial charge in [0.1, 0.15) is 23.9 Å². The van der Waals surface area contributed by atoms with Gasteiger partial charge in [-0.25, -0.2) is 8.78 Å². The molecule has 0 aliphatic carbocycles. The van der Waals surface area contributed by atoms with Gasteiger partial charge in [0.15, 0.2) is 5.75 Å². The molecule has 0 fully saturated rings. The fraction of sp³-hybridized carbons (Fsp3) is 0.308. The second-order valence-electron chi connectivity index (χ2n) is 4.11. The van der Waals surface area contributed by atoms with Crippen molar-refractivity contribution in [2.24, 2.45) is 7.05 Å². The molecule has 18 heavy (non-hydrogen) atoms. The molecular weight excluding hydrogens is 238 g/mol. The fourth-order valence-electron chi connectivity index (χ4n) is 1.78. The summed E-state index contributed by atoms with van der Waals surface area (Å²) < 4.78 is 34.0. The highest BCUT2D eigenvalue weighted by Gasteiger charge is 2.14. The molecule has 0 amide bonds. The zero-order valence-electron chi connectivity index (χ0n) is 10.5. The van der Waals surface area contributed by atoms with E-state index < -0.39 is 11.6 Å². The standard InChI is InChI=1S/C13H14F2N2O/c1-8-13(9(2)17(3)16-8)18-7-10-11(14)5-4-6-12(10)15/h4-6H,7H2,1-3H3. The SMILES string of the molecule is Cc1nn(C)c(C)c1OCc1c(F)cccc1F. The van der Waals surface area contributed by atoms with Gasteiger partial charge in [0, 0.05) is 7.05 Å². The van der Waals surface area contributed by atoms with Crippen LogP contribution >= 0.6 is 0 Å². The molecule has 3 nitrogen and oxygen atoms in total. The number of nitrogens with zero attached hydrogens (tertiary/aromatic N) is 2. The summed E-state index contributed by atoms with van der Waals surface area (Å²) in [6.45, 7) is 3.49. The summed E-state index contributed by atoms with van der Waals surface area (Å²) >= 11 is 0. The Morgan fingerprint density at radius 3 is 2.33 bits per heavy atom. The molecule has 2 rings (SSSR count). The maximum Gasteiger partial charge on any atom is 0.163 e. The third-order valence-corrected chi connectivity index (χ3v) is 2.87. The van der Waals surface area contributed by atoms with Crippen molar-refractivity contribution >= 4 is 0 Å². The van der Waals surface area contributed by atoms with Crippen molar-refractivity contribution in [2.45, 2.75) is 20.5 Å². The number of hydrogen-bond acceptors (Lipinski definition) is 2. The van der Waals surface area contributed by atoms with Crippen LogP contribution in [0.2, 0.25) is 0 Å². The van der Waals surface area contributed by atoms with Gasteiger partial charge < -0.3 is 4.74 Å². The Hall–Kier alpha value is -1.91. The second-order valence-corrected chi connectivity index (χ2v) is 4.11. The number of halogens is 2. The van der Waals surface area contributed by atoms with E-state index in [2.05, 4.69) is 5.10 Å². The van der Waals surface area contributed by atoms with Crippen LogP contribution < -0.4 is 4.74 Å². The fourth-order valence-corrected chi connectivity index (χ4v) is 1.78. The number of aryl methyl sites for hydroxylation is 2. The predicted octanol–water partition coefficient (Wildman–Crippen LogP) is 2.89. The minimum atomic E-state index is -0.603. The molecule has 0 spiro atoms. The van der Waals surface area contributed by atoms with Gasteiger partial charge in [0.25, 0.3) is 0 Å². The zero-order chi connectivity index (χ0) is 13.3. The van der Waals surface area contributed by atoms with Crippen molar-refractivity contribution in [1.29, 1.82) is 0 Å². The van der Waals surface area contributed by atoms with E-state index in [0.29, 0.717) is 11.4 Å². The first-order valence-electron chi connectivity index (χ1n) is 5.56. The van der Waals surface area contributed by atoms with Gasteiger partial charge in [0.05, 0.1) is 11.3 Å². The highest BCUT2D eigenvalue weighted by Crippen LogP contribution is 2.23. The summed E-state index contributed by atoms with van der Waals surface area (Å²) in [5, 5.41) is 4.17. The summed E-state index contributed by atoms with van der Waals surface area (Å²) in [7, 11) is 1.79. The van der Waals surface area contributed by atoms with Crippen molar-refractivity contribution in [1.82, 2.24) is 9.78 Å². The topological polar surface area (TPSA) is 27.1 Å². The Morgan fingerprint density at radius 2 is 1.83 bits per heavy atom. The predicted molar refractivity (Wildman–Crippen MR) is 63.4 cm³/mol. The van der Waals surface area contributed by atoms with Crippen LogP contribution in [-0.2, 0) is 13.7 Å². The Balaban J connectivity index is 2.22. The monoisotopic (exact) mass is 252 g/mol. The van der Waals surface area contributed by atoms with Crippen LogP contribution in [0.15, 0.2) is 18.2 Å². The molecule has 5 heteroatoms. The molecule has 1 aromatic heterocycles. The summed E-state index contributed by atoms with van der Waals surface area (Å²) in [6, 6.07) is 3.75. The average molecular weight is 252 g/mol. The highest BCUT2D eigenvalue weighted by atomic mass is 19.1. The van der Waals surface area contributed by atoms with Crippen LogP contribution in [0.4, 0.5) is 8.78 Å². The van der Waals surface area contributed by atoms with Crippen molar-refractivity contribution in [3.63, 3.8) is 0 Å². The summed E-state index contributed by atoms with van der Waals surface area (Å²) in [5.74, 6) is -0.636. The molecule has 0 saturated carbocycles. The summed E-state index contributed by atoms with van der Waals surface area (Å²) in [4.78, 5) is 0. The molecule has 0 radical (unpaired) electrons. The third kappa shape index (κ3) is 2.20. The molecule has 1 heterocycles. The van der Waals surface area contributed by atoms with E-state index >= 15 is 0 Å². The molecule has 0 bridgehead atoms. The van der Waals surface area contributed by atoms with E-state index in [1.54, 1.807) is 18.7 Å². The molecule has 0 N–H and O–H groups in total. The van der Waals surface area contributed by atoms with Crippen molar-refractivity contribution in [2.75, 3.05) is 0 Å². The molecule has 96 valence electrons. The summed E-state index contributed by atoms with van der Waals surface area (Å²) in [6.07, 6.45) is 0. The van der Waals surface area contributed by atoms with E-state index in [1.165, 1.54) is 18.2 Å². The minimum Gasteiger partial charge on any atom is -0.485 e. The first-order chi connectivity index (χ1) is 8.50. The van der Waals surface area contributed by atoms with Crippen LogP contribution in [0.3, 0.4) is 0 Å². The van der Waals surface area contributed by atoms with E-state index in [0.717, 1.165) is 5.69 Å². The molecule has 0 aliphatic rings. The Kier molecular flexibility index (Phi) is 3.32. The van der Waals surface area contributed by atoms with Gasteiger partial charge in [0.2, 0.25) is 0 Å². The normalized spacial score (nSPS) is 10.7. The lowest BCUT2D eigenvalue weighted by molar-refractivity contribution is 0.288. The average Bonchev–Trinajstić information content (AvgIpc) is 2.54. The van der Waals surface area contributed by atoms with Crippen LogP contribution in [0.1, 0.15) is 17.0 Å². The van der Waals surface area contributed by atoms with Crippen LogP contribution in [0.5, 0.6) is 5.75 Å². The van der Waals surface area contributed by atoms with Gasteiger partial charge in [-0.2, -0.15) is 5.10 Å². The first-order valence-corrected chi connectivity index (χ1v) is 5.56. The van der Waals surface area contributed by atoms with E-state index in [-0.39, 0.29) is 12.2 Å². The largest absolute Gasteiger partial charge is 0.485 e. The molecule has 2 aromatic rings. The lowest BCUT2D eigenvalue weighted by Gasteiger charge is -2.08. The van der Waals surface area contributed by atoms with E-state index in [9.17, 15) is 8.78 Å². The molecule has 0 saturated heterocycles. The van der Waals surface area contributed by atoms with E-state index in [1.807, 2.05) is 6.92 Å². The van der Waals surface area contributed by atoms with Crippen LogP contribution in [0.25, 0.3) is 0 Å². The van der Waals surface area contributed by atoms with Crippen LogP contribution in [0, 0.1) is 25.5 Å². The molecular formula is C13H14F2N2O. The smallest absolute Gasteiger partial charge is 0.163 e. The maximum absolute atomic E-state index is 13.4. The molecule has 1 aromatic carbocycles. The van der Waals surface area contributed by atoms with Gasteiger partial charge >= 0.3 is 0 Å². The molecule has 0 unspecified atom stereocenters. The van der Waals surface area contributed by atoms with Gasteiger partial charge in [-0.15, -0.1) is 0 Å². The quantitative estimate of drug-likeness (QED) is 0.839. The first kappa shape index (κ1) is 12.5. The minimum absolute atomic E-state index is 0.0693. The Morgan fingerprint density at radius 1 is 1.22 bits per heavy atom. The Bertz CT molecular complexity index is 558. The highest BCUT2D eigenvalue weighted by molar-refractivity contribution is 5.32. The third-order valence-electron chi connectivity index (χ3n) is 2.87. The van der Waals surface area contributed by atoms with Gasteiger partial charge in [-0.05, 0) is 26.0 Å². The van der Waals surface area contributed by atoms with Crippen molar-refractivity contribution in [3.8, 4) is 5.75 Å². The molecule has 0 atom stereocenters. The lowest BCUT2D eigenvalue weighted by Crippen LogP contribution is -2.03.